The van der Waals surface area contributed by atoms with Crippen molar-refractivity contribution >= 4 is 22.5 Å². The lowest BCUT2D eigenvalue weighted by Gasteiger charge is -2.07. The summed E-state index contributed by atoms with van der Waals surface area (Å²) in [6.07, 6.45) is 1.72. The Kier molecular flexibility index (Phi) is 3.39. The minimum Gasteiger partial charge on any atom is -0.338 e. The summed E-state index contributed by atoms with van der Waals surface area (Å²) in [5.74, 6) is -1.07. The van der Waals surface area contributed by atoms with Gasteiger partial charge in [0.2, 0.25) is 5.91 Å². The molecule has 1 aromatic heterocycles. The van der Waals surface area contributed by atoms with Gasteiger partial charge in [0.1, 0.15) is 18.2 Å². The number of aromatic nitrogens is 1. The van der Waals surface area contributed by atoms with Gasteiger partial charge in [0.05, 0.1) is 5.52 Å². The van der Waals surface area contributed by atoms with Gasteiger partial charge in [0, 0.05) is 11.9 Å². The maximum atomic E-state index is 13.3. The molecule has 0 saturated carbocycles. The molecule has 0 aliphatic carbocycles. The first-order chi connectivity index (χ1) is 10.1. The Bertz CT molecular complexity index is 811. The number of nitrogens with one attached hydrogen (secondary N) is 1. The minimum atomic E-state index is -0.415. The van der Waals surface area contributed by atoms with Crippen molar-refractivity contribution in [2.45, 2.75) is 6.54 Å². The van der Waals surface area contributed by atoms with Gasteiger partial charge in [-0.15, -0.1) is 0 Å². The van der Waals surface area contributed by atoms with E-state index in [1.165, 1.54) is 30.3 Å². The number of amides is 1. The minimum absolute atomic E-state index is 0.0312. The van der Waals surface area contributed by atoms with Gasteiger partial charge in [-0.3, -0.25) is 4.79 Å². The van der Waals surface area contributed by atoms with Crippen LogP contribution in [0.1, 0.15) is 0 Å². The van der Waals surface area contributed by atoms with Crippen LogP contribution in [0.15, 0.2) is 54.7 Å². The van der Waals surface area contributed by atoms with Crippen LogP contribution in [0.3, 0.4) is 0 Å². The first-order valence-corrected chi connectivity index (χ1v) is 6.42. The number of nitrogens with zero attached hydrogens (tertiary/aromatic N) is 1. The first kappa shape index (κ1) is 13.3. The lowest BCUT2D eigenvalue weighted by atomic mass is 10.2. The lowest BCUT2D eigenvalue weighted by molar-refractivity contribution is -0.116. The van der Waals surface area contributed by atoms with E-state index in [9.17, 15) is 13.6 Å². The molecular formula is C16H12F2N2O. The van der Waals surface area contributed by atoms with E-state index in [1.54, 1.807) is 22.9 Å². The van der Waals surface area contributed by atoms with Gasteiger partial charge in [-0.1, -0.05) is 6.07 Å². The van der Waals surface area contributed by atoms with Crippen molar-refractivity contribution in [2.75, 3.05) is 5.32 Å². The second-order valence-electron chi connectivity index (χ2n) is 4.71. The van der Waals surface area contributed by atoms with E-state index in [1.807, 2.05) is 6.07 Å². The second-order valence-corrected chi connectivity index (χ2v) is 4.71. The Morgan fingerprint density at radius 3 is 2.67 bits per heavy atom. The average Bonchev–Trinajstić information content (AvgIpc) is 2.81. The van der Waals surface area contributed by atoms with Crippen LogP contribution >= 0.6 is 0 Å². The Hall–Kier alpha value is -2.69. The molecule has 0 atom stereocenters. The van der Waals surface area contributed by atoms with Crippen LogP contribution in [-0.2, 0) is 11.3 Å². The van der Waals surface area contributed by atoms with Crippen molar-refractivity contribution in [2.24, 2.45) is 0 Å². The monoisotopic (exact) mass is 286 g/mol. The van der Waals surface area contributed by atoms with Gasteiger partial charge in [0.15, 0.2) is 0 Å². The van der Waals surface area contributed by atoms with Crippen LogP contribution in [0, 0.1) is 11.6 Å². The summed E-state index contributed by atoms with van der Waals surface area (Å²) in [5, 5.41) is 3.46. The summed E-state index contributed by atoms with van der Waals surface area (Å²) < 4.78 is 28.0. The number of carbonyl (C=O) groups excluding carboxylic acids is 1. The highest BCUT2D eigenvalue weighted by Gasteiger charge is 2.08. The van der Waals surface area contributed by atoms with Crippen LogP contribution in [0.4, 0.5) is 14.5 Å². The molecule has 3 aromatic rings. The predicted octanol–water partition coefficient (Wildman–Crippen LogP) is 3.56. The van der Waals surface area contributed by atoms with Gasteiger partial charge in [-0.25, -0.2) is 8.78 Å². The van der Waals surface area contributed by atoms with Crippen molar-refractivity contribution in [3.63, 3.8) is 0 Å². The van der Waals surface area contributed by atoms with Gasteiger partial charge >= 0.3 is 0 Å². The number of halogens is 2. The predicted molar refractivity (Wildman–Crippen MR) is 76.9 cm³/mol. The molecule has 5 heteroatoms. The fourth-order valence-electron chi connectivity index (χ4n) is 2.22. The number of fused-ring (bicyclic) bond motifs is 1. The molecule has 0 fully saturated rings. The Labute approximate surface area is 119 Å². The van der Waals surface area contributed by atoms with Crippen molar-refractivity contribution in [1.29, 1.82) is 0 Å². The molecule has 0 bridgehead atoms. The van der Waals surface area contributed by atoms with E-state index < -0.39 is 5.82 Å². The van der Waals surface area contributed by atoms with Crippen LogP contribution in [0.25, 0.3) is 10.9 Å². The van der Waals surface area contributed by atoms with Gasteiger partial charge in [-0.05, 0) is 47.9 Å². The zero-order valence-corrected chi connectivity index (χ0v) is 11.0. The molecule has 3 nitrogen and oxygen atoms in total. The van der Waals surface area contributed by atoms with Crippen molar-refractivity contribution in [1.82, 2.24) is 4.57 Å². The third kappa shape index (κ3) is 2.91. The molecule has 3 rings (SSSR count). The van der Waals surface area contributed by atoms with Crippen LogP contribution in [-0.4, -0.2) is 10.5 Å². The highest BCUT2D eigenvalue weighted by atomic mass is 19.1. The number of hydrogen-bond donors (Lipinski definition) is 1. The number of benzene rings is 2. The standard InChI is InChI=1S/C16H12F2N2O/c17-12-2-1-3-14(8-12)19-16(21)10-20-7-6-11-4-5-13(18)9-15(11)20/h1-9H,10H2,(H,19,21). The van der Waals surface area contributed by atoms with E-state index >= 15 is 0 Å². The maximum Gasteiger partial charge on any atom is 0.244 e. The molecule has 1 N–H and O–H groups in total. The highest BCUT2D eigenvalue weighted by molar-refractivity contribution is 5.92. The van der Waals surface area contributed by atoms with Crippen LogP contribution < -0.4 is 5.32 Å². The molecule has 0 aliphatic heterocycles. The summed E-state index contributed by atoms with van der Waals surface area (Å²) in [4.78, 5) is 12.0. The maximum absolute atomic E-state index is 13.3. The van der Waals surface area contributed by atoms with Crippen molar-refractivity contribution in [3.05, 3.63) is 66.4 Å². The zero-order chi connectivity index (χ0) is 14.8. The average molecular weight is 286 g/mol. The van der Waals surface area contributed by atoms with Crippen molar-refractivity contribution < 1.29 is 13.6 Å². The fourth-order valence-corrected chi connectivity index (χ4v) is 2.22. The Balaban J connectivity index is 1.79. The van der Waals surface area contributed by atoms with E-state index in [0.717, 1.165) is 5.39 Å². The largest absolute Gasteiger partial charge is 0.338 e. The topological polar surface area (TPSA) is 34.0 Å². The molecule has 0 spiro atoms. The van der Waals surface area contributed by atoms with E-state index in [-0.39, 0.29) is 18.3 Å². The van der Waals surface area contributed by atoms with Gasteiger partial charge in [0.25, 0.3) is 0 Å². The molecule has 1 amide bonds. The highest BCUT2D eigenvalue weighted by Crippen LogP contribution is 2.17. The lowest BCUT2D eigenvalue weighted by Crippen LogP contribution is -2.18. The molecule has 0 radical (unpaired) electrons. The molecule has 1 heterocycles. The normalized spacial score (nSPS) is 10.8. The van der Waals surface area contributed by atoms with Crippen molar-refractivity contribution in [3.8, 4) is 0 Å². The third-order valence-corrected chi connectivity index (χ3v) is 3.16. The smallest absolute Gasteiger partial charge is 0.244 e. The van der Waals surface area contributed by atoms with E-state index in [4.69, 9.17) is 0 Å². The summed E-state index contributed by atoms with van der Waals surface area (Å²) in [6.45, 7) is 0.0312. The molecule has 0 aliphatic rings. The Morgan fingerprint density at radius 1 is 1.05 bits per heavy atom. The van der Waals surface area contributed by atoms with Gasteiger partial charge < -0.3 is 9.88 Å². The Morgan fingerprint density at radius 2 is 1.86 bits per heavy atom. The molecule has 21 heavy (non-hydrogen) atoms. The fraction of sp³-hybridized carbons (Fsp3) is 0.0625. The molecule has 0 saturated heterocycles. The molecular weight excluding hydrogens is 274 g/mol. The van der Waals surface area contributed by atoms with E-state index in [0.29, 0.717) is 11.2 Å². The number of rotatable bonds is 3. The summed E-state index contributed by atoms with van der Waals surface area (Å²) >= 11 is 0. The number of carbonyl (C=O) groups is 1. The molecule has 2 aromatic carbocycles. The second kappa shape index (κ2) is 5.36. The van der Waals surface area contributed by atoms with Crippen LogP contribution in [0.5, 0.6) is 0 Å². The quantitative estimate of drug-likeness (QED) is 0.785. The number of anilines is 1. The molecule has 0 unspecified atom stereocenters. The first-order valence-electron chi connectivity index (χ1n) is 6.42. The van der Waals surface area contributed by atoms with Gasteiger partial charge in [-0.2, -0.15) is 0 Å². The molecule has 106 valence electrons. The van der Waals surface area contributed by atoms with Crippen LogP contribution in [0.2, 0.25) is 0 Å². The third-order valence-electron chi connectivity index (χ3n) is 3.16. The SMILES string of the molecule is O=C(Cn1ccc2ccc(F)cc21)Nc1cccc(F)c1. The van der Waals surface area contributed by atoms with E-state index in [2.05, 4.69) is 5.32 Å². The number of hydrogen-bond acceptors (Lipinski definition) is 1. The summed E-state index contributed by atoms with van der Waals surface area (Å²) in [6, 6.07) is 11.9. The zero-order valence-electron chi connectivity index (χ0n) is 11.0. The summed E-state index contributed by atoms with van der Waals surface area (Å²) in [7, 11) is 0. The summed E-state index contributed by atoms with van der Waals surface area (Å²) in [5.41, 5.74) is 1.03.